The molecule has 1 aromatic rings. The normalized spacial score (nSPS) is 16.4. The Hall–Kier alpha value is -1.34. The SMILES string of the molecule is Cc1oc(C(=O)O)cc1S(=O)(=O)N(C)C1CC1. The highest BCUT2D eigenvalue weighted by Crippen LogP contribution is 2.32. The smallest absolute Gasteiger partial charge is 0.371 e. The number of carbonyl (C=O) groups is 1. The summed E-state index contributed by atoms with van der Waals surface area (Å²) >= 11 is 0. The maximum Gasteiger partial charge on any atom is 0.371 e. The Labute approximate surface area is 98.9 Å². The summed E-state index contributed by atoms with van der Waals surface area (Å²) in [5, 5.41) is 8.75. The van der Waals surface area contributed by atoms with E-state index in [2.05, 4.69) is 0 Å². The molecule has 1 N–H and O–H groups in total. The van der Waals surface area contributed by atoms with E-state index in [1.165, 1.54) is 18.3 Å². The van der Waals surface area contributed by atoms with Gasteiger partial charge in [0.05, 0.1) is 0 Å². The van der Waals surface area contributed by atoms with Crippen LogP contribution in [0.25, 0.3) is 0 Å². The number of carboxylic acid groups (broad SMARTS) is 1. The molecule has 0 amide bonds. The molecule has 0 bridgehead atoms. The van der Waals surface area contributed by atoms with Crippen molar-refractivity contribution in [3.05, 3.63) is 17.6 Å². The zero-order valence-corrected chi connectivity index (χ0v) is 10.3. The molecule has 0 atom stereocenters. The molecule has 0 radical (unpaired) electrons. The van der Waals surface area contributed by atoms with Crippen molar-refractivity contribution in [1.82, 2.24) is 4.31 Å². The molecule has 7 heteroatoms. The summed E-state index contributed by atoms with van der Waals surface area (Å²) < 4.78 is 30.5. The van der Waals surface area contributed by atoms with Gasteiger partial charge in [-0.15, -0.1) is 0 Å². The first-order valence-electron chi connectivity index (χ1n) is 5.16. The second-order valence-corrected chi connectivity index (χ2v) is 6.05. The van der Waals surface area contributed by atoms with Crippen molar-refractivity contribution in [2.75, 3.05) is 7.05 Å². The first-order chi connectivity index (χ1) is 7.84. The van der Waals surface area contributed by atoms with Gasteiger partial charge in [0.2, 0.25) is 15.8 Å². The van der Waals surface area contributed by atoms with Gasteiger partial charge in [-0.25, -0.2) is 13.2 Å². The molecule has 0 unspecified atom stereocenters. The third-order valence-electron chi connectivity index (χ3n) is 2.80. The predicted octanol–water partition coefficient (Wildman–Crippen LogP) is 1.07. The second kappa shape index (κ2) is 3.85. The minimum absolute atomic E-state index is 0.0302. The molecule has 1 aromatic heterocycles. The van der Waals surface area contributed by atoms with Crippen LogP contribution in [0.2, 0.25) is 0 Å². The van der Waals surface area contributed by atoms with Gasteiger partial charge in [-0.1, -0.05) is 0 Å². The zero-order valence-electron chi connectivity index (χ0n) is 9.50. The lowest BCUT2D eigenvalue weighted by atomic mass is 10.4. The number of sulfonamides is 1. The van der Waals surface area contributed by atoms with Crippen molar-refractivity contribution in [2.24, 2.45) is 0 Å². The van der Waals surface area contributed by atoms with E-state index in [-0.39, 0.29) is 22.5 Å². The average Bonchev–Trinajstić information content (AvgIpc) is 2.99. The number of furan rings is 1. The minimum atomic E-state index is -3.64. The Morgan fingerprint density at radius 2 is 2.12 bits per heavy atom. The first-order valence-corrected chi connectivity index (χ1v) is 6.60. The van der Waals surface area contributed by atoms with Crippen LogP contribution in [0.4, 0.5) is 0 Å². The predicted molar refractivity (Wildman–Crippen MR) is 58.4 cm³/mol. The summed E-state index contributed by atoms with van der Waals surface area (Å²) in [4.78, 5) is 10.6. The molecule has 94 valence electrons. The van der Waals surface area contributed by atoms with Crippen LogP contribution < -0.4 is 0 Å². The van der Waals surface area contributed by atoms with Gasteiger partial charge in [0.1, 0.15) is 10.7 Å². The molecule has 6 nitrogen and oxygen atoms in total. The number of rotatable bonds is 4. The Bertz CT molecular complexity index is 555. The van der Waals surface area contributed by atoms with Crippen LogP contribution in [0.5, 0.6) is 0 Å². The molecule has 0 saturated heterocycles. The lowest BCUT2D eigenvalue weighted by Crippen LogP contribution is -2.29. The van der Waals surface area contributed by atoms with E-state index in [0.717, 1.165) is 18.9 Å². The first kappa shape index (κ1) is 12.1. The number of hydrogen-bond donors (Lipinski definition) is 1. The van der Waals surface area contributed by atoms with Gasteiger partial charge >= 0.3 is 5.97 Å². The minimum Gasteiger partial charge on any atom is -0.475 e. The highest BCUT2D eigenvalue weighted by atomic mass is 32.2. The second-order valence-electron chi connectivity index (χ2n) is 4.09. The molecule has 0 aliphatic heterocycles. The molecule has 2 rings (SSSR count). The van der Waals surface area contributed by atoms with Crippen molar-refractivity contribution in [3.63, 3.8) is 0 Å². The number of aryl methyl sites for hydroxylation is 1. The molecule has 17 heavy (non-hydrogen) atoms. The Balaban J connectivity index is 2.42. The maximum absolute atomic E-state index is 12.1. The van der Waals surface area contributed by atoms with Crippen LogP contribution in [0, 0.1) is 6.92 Å². The maximum atomic E-state index is 12.1. The molecule has 1 fully saturated rings. The van der Waals surface area contributed by atoms with Crippen molar-refractivity contribution in [2.45, 2.75) is 30.7 Å². The topological polar surface area (TPSA) is 87.8 Å². The van der Waals surface area contributed by atoms with Crippen LogP contribution in [0.1, 0.15) is 29.2 Å². The van der Waals surface area contributed by atoms with E-state index in [1.807, 2.05) is 0 Å². The lowest BCUT2D eigenvalue weighted by molar-refractivity contribution is 0.0661. The van der Waals surface area contributed by atoms with Crippen LogP contribution >= 0.6 is 0 Å². The van der Waals surface area contributed by atoms with E-state index in [9.17, 15) is 13.2 Å². The Morgan fingerprint density at radius 1 is 1.53 bits per heavy atom. The van der Waals surface area contributed by atoms with E-state index in [0.29, 0.717) is 0 Å². The Morgan fingerprint density at radius 3 is 2.53 bits per heavy atom. The fourth-order valence-corrected chi connectivity index (χ4v) is 3.19. The fourth-order valence-electron chi connectivity index (χ4n) is 1.62. The van der Waals surface area contributed by atoms with Gasteiger partial charge in [-0.2, -0.15) is 4.31 Å². The van der Waals surface area contributed by atoms with E-state index in [4.69, 9.17) is 9.52 Å². The number of nitrogens with zero attached hydrogens (tertiary/aromatic N) is 1. The van der Waals surface area contributed by atoms with Gasteiger partial charge in [-0.3, -0.25) is 0 Å². The molecular formula is C10H13NO5S. The van der Waals surface area contributed by atoms with Crippen molar-refractivity contribution >= 4 is 16.0 Å². The van der Waals surface area contributed by atoms with Crippen molar-refractivity contribution < 1.29 is 22.7 Å². The van der Waals surface area contributed by atoms with Crippen LogP contribution in [-0.4, -0.2) is 36.9 Å². The van der Waals surface area contributed by atoms with E-state index < -0.39 is 16.0 Å². The van der Waals surface area contributed by atoms with Gasteiger partial charge in [-0.05, 0) is 19.8 Å². The van der Waals surface area contributed by atoms with Crippen LogP contribution in [0.15, 0.2) is 15.4 Å². The number of carboxylic acids is 1. The largest absolute Gasteiger partial charge is 0.475 e. The standard InChI is InChI=1S/C10H13NO5S/c1-6-9(5-8(16-6)10(12)13)17(14,15)11(2)7-3-4-7/h5,7H,3-4H2,1-2H3,(H,12,13). The number of hydrogen-bond acceptors (Lipinski definition) is 4. The van der Waals surface area contributed by atoms with Gasteiger partial charge in [0.15, 0.2) is 0 Å². The molecule has 1 heterocycles. The quantitative estimate of drug-likeness (QED) is 0.873. The van der Waals surface area contributed by atoms with Crippen molar-refractivity contribution in [3.8, 4) is 0 Å². The third kappa shape index (κ3) is 2.07. The monoisotopic (exact) mass is 259 g/mol. The van der Waals surface area contributed by atoms with E-state index >= 15 is 0 Å². The van der Waals surface area contributed by atoms with Gasteiger partial charge < -0.3 is 9.52 Å². The molecule has 0 aromatic carbocycles. The average molecular weight is 259 g/mol. The zero-order chi connectivity index (χ0) is 12.8. The highest BCUT2D eigenvalue weighted by Gasteiger charge is 2.37. The van der Waals surface area contributed by atoms with Gasteiger partial charge in [0, 0.05) is 19.2 Å². The summed E-state index contributed by atoms with van der Waals surface area (Å²) in [6.45, 7) is 1.44. The van der Waals surface area contributed by atoms with E-state index in [1.54, 1.807) is 0 Å². The fraction of sp³-hybridized carbons (Fsp3) is 0.500. The summed E-state index contributed by atoms with van der Waals surface area (Å²) in [5.74, 6) is -1.52. The molecular weight excluding hydrogens is 246 g/mol. The molecule has 1 aliphatic carbocycles. The Kier molecular flexibility index (Phi) is 2.75. The summed E-state index contributed by atoms with van der Waals surface area (Å²) in [7, 11) is -2.14. The molecule has 1 saturated carbocycles. The molecule has 1 aliphatic rings. The van der Waals surface area contributed by atoms with Crippen LogP contribution in [-0.2, 0) is 10.0 Å². The third-order valence-corrected chi connectivity index (χ3v) is 4.82. The summed E-state index contributed by atoms with van der Waals surface area (Å²) in [6.07, 6.45) is 1.69. The highest BCUT2D eigenvalue weighted by molar-refractivity contribution is 7.89. The lowest BCUT2D eigenvalue weighted by Gasteiger charge is -2.15. The molecule has 0 spiro atoms. The van der Waals surface area contributed by atoms with Gasteiger partial charge in [0.25, 0.3) is 0 Å². The van der Waals surface area contributed by atoms with Crippen molar-refractivity contribution in [1.29, 1.82) is 0 Å². The summed E-state index contributed by atoms with van der Waals surface area (Å²) in [6, 6.07) is 1.09. The summed E-state index contributed by atoms with van der Waals surface area (Å²) in [5.41, 5.74) is 0. The number of aromatic carboxylic acids is 1. The van der Waals surface area contributed by atoms with Crippen LogP contribution in [0.3, 0.4) is 0 Å².